The molecule has 0 aliphatic carbocycles. The van der Waals surface area contributed by atoms with E-state index >= 15 is 0 Å². The first kappa shape index (κ1) is 15.2. The van der Waals surface area contributed by atoms with Gasteiger partial charge in [-0.25, -0.2) is 0 Å². The number of aromatic hydroxyl groups is 1. The molecule has 3 rings (SSSR count). The van der Waals surface area contributed by atoms with E-state index in [2.05, 4.69) is 10.3 Å². The third-order valence-electron chi connectivity index (χ3n) is 3.87. The summed E-state index contributed by atoms with van der Waals surface area (Å²) in [6.07, 6.45) is 1.60. The van der Waals surface area contributed by atoms with Crippen molar-refractivity contribution >= 4 is 5.96 Å². The number of nitrogens with zero attached hydrogens (tertiary/aromatic N) is 1. The molecule has 1 heterocycles. The number of fused-ring (bicyclic) bond motifs is 1. The highest BCUT2D eigenvalue weighted by molar-refractivity contribution is 5.78. The number of phenols is 1. The molecule has 0 radical (unpaired) electrons. The zero-order valence-electron chi connectivity index (χ0n) is 12.9. The summed E-state index contributed by atoms with van der Waals surface area (Å²) < 4.78 is 5.64. The second-order valence-corrected chi connectivity index (χ2v) is 5.56. The van der Waals surface area contributed by atoms with Crippen LogP contribution in [0.1, 0.15) is 23.6 Å². The van der Waals surface area contributed by atoms with Crippen LogP contribution in [0.3, 0.4) is 0 Å². The minimum absolute atomic E-state index is 0.129. The predicted octanol–water partition coefficient (Wildman–Crippen LogP) is 2.36. The molecule has 23 heavy (non-hydrogen) atoms. The quantitative estimate of drug-likeness (QED) is 0.598. The van der Waals surface area contributed by atoms with E-state index in [1.807, 2.05) is 36.4 Å². The number of hydrogen-bond donors (Lipinski definition) is 3. The Morgan fingerprint density at radius 2 is 2.13 bits per heavy atom. The van der Waals surface area contributed by atoms with Gasteiger partial charge >= 0.3 is 0 Å². The Hall–Kier alpha value is -2.69. The number of rotatable bonds is 4. The van der Waals surface area contributed by atoms with Crippen LogP contribution < -0.4 is 15.8 Å². The summed E-state index contributed by atoms with van der Waals surface area (Å²) in [6.45, 7) is 1.25. The Morgan fingerprint density at radius 3 is 3.00 bits per heavy atom. The van der Waals surface area contributed by atoms with Crippen molar-refractivity contribution in [3.8, 4) is 11.5 Å². The molecule has 1 unspecified atom stereocenters. The first-order chi connectivity index (χ1) is 11.2. The molecule has 120 valence electrons. The molecule has 4 N–H and O–H groups in total. The highest BCUT2D eigenvalue weighted by Gasteiger charge is 2.21. The summed E-state index contributed by atoms with van der Waals surface area (Å²) >= 11 is 0. The van der Waals surface area contributed by atoms with Gasteiger partial charge in [-0.3, -0.25) is 4.99 Å². The molecule has 0 saturated heterocycles. The summed E-state index contributed by atoms with van der Waals surface area (Å²) in [6, 6.07) is 15.3. The minimum atomic E-state index is 0.129. The molecule has 2 aromatic carbocycles. The zero-order valence-corrected chi connectivity index (χ0v) is 12.9. The molecule has 0 saturated carbocycles. The van der Waals surface area contributed by atoms with Crippen LogP contribution in [0.25, 0.3) is 0 Å². The van der Waals surface area contributed by atoms with Crippen LogP contribution in [0.5, 0.6) is 11.5 Å². The molecule has 1 aliphatic rings. The molecule has 0 aromatic heterocycles. The van der Waals surface area contributed by atoms with Gasteiger partial charge in [-0.15, -0.1) is 0 Å². The van der Waals surface area contributed by atoms with Gasteiger partial charge in [-0.2, -0.15) is 0 Å². The zero-order chi connectivity index (χ0) is 16.1. The van der Waals surface area contributed by atoms with E-state index in [9.17, 15) is 5.11 Å². The van der Waals surface area contributed by atoms with Crippen molar-refractivity contribution in [1.29, 1.82) is 0 Å². The van der Waals surface area contributed by atoms with Crippen LogP contribution in [0.2, 0.25) is 0 Å². The smallest absolute Gasteiger partial charge is 0.189 e. The molecule has 0 bridgehead atoms. The van der Waals surface area contributed by atoms with Gasteiger partial charge < -0.3 is 20.9 Å². The predicted molar refractivity (Wildman–Crippen MR) is 90.7 cm³/mol. The lowest BCUT2D eigenvalue weighted by atomic mass is 10.0. The Kier molecular flexibility index (Phi) is 4.66. The Balaban J connectivity index is 1.58. The fourth-order valence-electron chi connectivity index (χ4n) is 2.73. The lowest BCUT2D eigenvalue weighted by molar-refractivity contribution is 0.262. The number of phenolic OH excluding ortho intramolecular Hbond substituents is 1. The molecule has 1 atom stereocenters. The number of nitrogens with one attached hydrogen (secondary N) is 1. The van der Waals surface area contributed by atoms with Crippen molar-refractivity contribution in [3.63, 3.8) is 0 Å². The van der Waals surface area contributed by atoms with Crippen molar-refractivity contribution in [2.24, 2.45) is 10.7 Å². The van der Waals surface area contributed by atoms with Gasteiger partial charge in [-0.1, -0.05) is 30.3 Å². The fraction of sp³-hybridized carbons (Fsp3) is 0.278. The maximum absolute atomic E-state index is 9.45. The van der Waals surface area contributed by atoms with Gasteiger partial charge in [0, 0.05) is 18.5 Å². The first-order valence-electron chi connectivity index (χ1n) is 7.78. The highest BCUT2D eigenvalue weighted by atomic mass is 16.5. The van der Waals surface area contributed by atoms with Crippen molar-refractivity contribution in [2.75, 3.05) is 13.2 Å². The molecule has 0 spiro atoms. The number of aliphatic imine (C=N–C) groups is 1. The van der Waals surface area contributed by atoms with Gasteiger partial charge in [-0.05, 0) is 30.2 Å². The summed E-state index contributed by atoms with van der Waals surface area (Å²) in [5.41, 5.74) is 8.16. The summed E-state index contributed by atoms with van der Waals surface area (Å²) in [5.74, 6) is 1.62. The molecular formula is C18H21N3O2. The van der Waals surface area contributed by atoms with Crippen LogP contribution in [0, 0.1) is 0 Å². The van der Waals surface area contributed by atoms with Gasteiger partial charge in [0.15, 0.2) is 5.96 Å². The topological polar surface area (TPSA) is 79.9 Å². The van der Waals surface area contributed by atoms with Gasteiger partial charge in [0.25, 0.3) is 0 Å². The number of para-hydroxylation sites is 1. The van der Waals surface area contributed by atoms with E-state index in [1.165, 1.54) is 0 Å². The second kappa shape index (κ2) is 7.05. The lowest BCUT2D eigenvalue weighted by Crippen LogP contribution is -2.37. The van der Waals surface area contributed by atoms with Crippen LogP contribution in [-0.2, 0) is 6.42 Å². The van der Waals surface area contributed by atoms with E-state index in [4.69, 9.17) is 10.5 Å². The van der Waals surface area contributed by atoms with E-state index < -0.39 is 0 Å². The highest BCUT2D eigenvalue weighted by Crippen LogP contribution is 2.31. The van der Waals surface area contributed by atoms with Crippen LogP contribution >= 0.6 is 0 Å². The maximum Gasteiger partial charge on any atom is 0.189 e. The van der Waals surface area contributed by atoms with Crippen LogP contribution in [-0.4, -0.2) is 24.2 Å². The first-order valence-corrected chi connectivity index (χ1v) is 7.78. The number of hydrogen-bond acceptors (Lipinski definition) is 3. The SMILES string of the molecule is NC(=NCCc1cccc(O)c1)NC1CCOc2ccccc21. The number of nitrogens with two attached hydrogens (primary N) is 1. The standard InChI is InChI=1S/C18H21N3O2/c19-18(20-10-8-13-4-3-5-14(22)12-13)21-16-9-11-23-17-7-2-1-6-15(16)17/h1-7,12,16,22H,8-11H2,(H3,19,20,21). The lowest BCUT2D eigenvalue weighted by Gasteiger charge is -2.26. The molecular weight excluding hydrogens is 290 g/mol. The van der Waals surface area contributed by atoms with Crippen molar-refractivity contribution in [1.82, 2.24) is 5.32 Å². The Bertz CT molecular complexity index is 700. The second-order valence-electron chi connectivity index (χ2n) is 5.56. The normalized spacial score (nSPS) is 17.2. The molecule has 5 nitrogen and oxygen atoms in total. The summed E-state index contributed by atoms with van der Waals surface area (Å²) in [5, 5.41) is 12.7. The Labute approximate surface area is 135 Å². The van der Waals surface area contributed by atoms with Gasteiger partial charge in [0.1, 0.15) is 11.5 Å². The van der Waals surface area contributed by atoms with Crippen LogP contribution in [0.15, 0.2) is 53.5 Å². The van der Waals surface area contributed by atoms with E-state index in [1.54, 1.807) is 12.1 Å². The maximum atomic E-state index is 9.45. The van der Waals surface area contributed by atoms with Crippen molar-refractivity contribution in [3.05, 3.63) is 59.7 Å². The van der Waals surface area contributed by atoms with E-state index in [0.29, 0.717) is 19.1 Å². The summed E-state index contributed by atoms with van der Waals surface area (Å²) in [4.78, 5) is 4.38. The average molecular weight is 311 g/mol. The molecule has 5 heteroatoms. The van der Waals surface area contributed by atoms with Gasteiger partial charge in [0.05, 0.1) is 12.6 Å². The molecule has 2 aromatic rings. The largest absolute Gasteiger partial charge is 0.508 e. The minimum Gasteiger partial charge on any atom is -0.508 e. The monoisotopic (exact) mass is 311 g/mol. The number of ether oxygens (including phenoxy) is 1. The van der Waals surface area contributed by atoms with Crippen LogP contribution in [0.4, 0.5) is 0 Å². The van der Waals surface area contributed by atoms with Gasteiger partial charge in [0.2, 0.25) is 0 Å². The van der Waals surface area contributed by atoms with Crippen molar-refractivity contribution < 1.29 is 9.84 Å². The average Bonchev–Trinajstić information content (AvgIpc) is 2.55. The number of benzene rings is 2. The van der Waals surface area contributed by atoms with E-state index in [-0.39, 0.29) is 11.8 Å². The van der Waals surface area contributed by atoms with E-state index in [0.717, 1.165) is 29.7 Å². The fourth-order valence-corrected chi connectivity index (χ4v) is 2.73. The molecule has 1 aliphatic heterocycles. The number of guanidine groups is 1. The third kappa shape index (κ3) is 3.94. The van der Waals surface area contributed by atoms with Crippen molar-refractivity contribution in [2.45, 2.75) is 18.9 Å². The third-order valence-corrected chi connectivity index (χ3v) is 3.87. The summed E-state index contributed by atoms with van der Waals surface area (Å²) in [7, 11) is 0. The Morgan fingerprint density at radius 1 is 1.26 bits per heavy atom. The molecule has 0 fully saturated rings. The molecule has 0 amide bonds.